The van der Waals surface area contributed by atoms with Gasteiger partial charge in [0.05, 0.1) is 5.69 Å². The van der Waals surface area contributed by atoms with E-state index in [1.54, 1.807) is 0 Å². The van der Waals surface area contributed by atoms with Crippen LogP contribution in [0.25, 0.3) is 5.57 Å². The lowest BCUT2D eigenvalue weighted by molar-refractivity contribution is 0.158. The zero-order valence-corrected chi connectivity index (χ0v) is 11.5. The van der Waals surface area contributed by atoms with E-state index in [2.05, 4.69) is 44.0 Å². The summed E-state index contributed by atoms with van der Waals surface area (Å²) >= 11 is 0. The third kappa shape index (κ3) is 2.26. The first-order valence-corrected chi connectivity index (χ1v) is 6.49. The maximum Gasteiger partial charge on any atom is 0.128 e. The molecule has 1 aliphatic rings. The molecule has 0 atom stereocenters. The van der Waals surface area contributed by atoms with Gasteiger partial charge in [-0.2, -0.15) is 0 Å². The van der Waals surface area contributed by atoms with Crippen molar-refractivity contribution in [2.24, 2.45) is 0 Å². The largest absolute Gasteiger partial charge is 0.483 e. The van der Waals surface area contributed by atoms with Crippen molar-refractivity contribution < 1.29 is 4.74 Å². The van der Waals surface area contributed by atoms with E-state index in [0.29, 0.717) is 0 Å². The first-order chi connectivity index (χ1) is 9.05. The van der Waals surface area contributed by atoms with Crippen LogP contribution in [0, 0.1) is 6.92 Å². The zero-order chi connectivity index (χ0) is 13.5. The number of aromatic nitrogens is 1. The summed E-state index contributed by atoms with van der Waals surface area (Å²) in [7, 11) is 0. The van der Waals surface area contributed by atoms with Crippen LogP contribution in [0.5, 0.6) is 5.75 Å². The average molecular weight is 251 g/mol. The number of aryl methyl sites for hydroxylation is 1. The van der Waals surface area contributed by atoms with Crippen LogP contribution in [0.2, 0.25) is 0 Å². The molecule has 2 heterocycles. The highest BCUT2D eigenvalue weighted by molar-refractivity contribution is 5.83. The molecule has 0 spiro atoms. The highest BCUT2D eigenvalue weighted by Crippen LogP contribution is 2.39. The number of pyridine rings is 1. The lowest BCUT2D eigenvalue weighted by Crippen LogP contribution is -2.29. The van der Waals surface area contributed by atoms with Crippen molar-refractivity contribution >= 4 is 5.57 Å². The van der Waals surface area contributed by atoms with Crippen molar-refractivity contribution in [3.8, 4) is 5.75 Å². The van der Waals surface area contributed by atoms with E-state index < -0.39 is 0 Å². The molecule has 1 aromatic heterocycles. The molecule has 0 fully saturated rings. The van der Waals surface area contributed by atoms with Gasteiger partial charge >= 0.3 is 0 Å². The molecule has 0 amide bonds. The van der Waals surface area contributed by atoms with Crippen LogP contribution in [0.15, 0.2) is 48.7 Å². The van der Waals surface area contributed by atoms with E-state index in [1.165, 1.54) is 5.56 Å². The number of fused-ring (bicyclic) bond motifs is 1. The molecule has 19 heavy (non-hydrogen) atoms. The van der Waals surface area contributed by atoms with Gasteiger partial charge in [0.15, 0.2) is 0 Å². The molecule has 1 aliphatic heterocycles. The van der Waals surface area contributed by atoms with Crippen molar-refractivity contribution in [2.75, 3.05) is 0 Å². The first-order valence-electron chi connectivity index (χ1n) is 6.49. The van der Waals surface area contributed by atoms with Crippen molar-refractivity contribution in [3.63, 3.8) is 0 Å². The van der Waals surface area contributed by atoms with Crippen LogP contribution >= 0.6 is 0 Å². The fourth-order valence-electron chi connectivity index (χ4n) is 2.42. The molecular formula is C17H17NO. The molecule has 0 saturated heterocycles. The highest BCUT2D eigenvalue weighted by Gasteiger charge is 2.27. The van der Waals surface area contributed by atoms with Crippen LogP contribution < -0.4 is 4.74 Å². The van der Waals surface area contributed by atoms with Crippen molar-refractivity contribution in [3.05, 3.63) is 65.5 Å². The Bertz CT molecular complexity index is 642. The maximum atomic E-state index is 6.02. The lowest BCUT2D eigenvalue weighted by Gasteiger charge is -2.31. The minimum atomic E-state index is -0.310. The van der Waals surface area contributed by atoms with E-state index in [1.807, 2.05) is 30.5 Å². The van der Waals surface area contributed by atoms with Gasteiger partial charge in [-0.25, -0.2) is 0 Å². The molecule has 1 aromatic carbocycles. The fourth-order valence-corrected chi connectivity index (χ4v) is 2.42. The summed E-state index contributed by atoms with van der Waals surface area (Å²) in [4.78, 5) is 4.47. The van der Waals surface area contributed by atoms with Gasteiger partial charge < -0.3 is 4.74 Å². The third-order valence-electron chi connectivity index (χ3n) is 3.23. The second-order valence-electron chi connectivity index (χ2n) is 5.48. The summed E-state index contributed by atoms with van der Waals surface area (Å²) in [5.74, 6) is 0.929. The number of hydrogen-bond donors (Lipinski definition) is 0. The molecular weight excluding hydrogens is 234 g/mol. The van der Waals surface area contributed by atoms with Crippen LogP contribution in [0.4, 0.5) is 0 Å². The number of hydrogen-bond acceptors (Lipinski definition) is 2. The summed E-state index contributed by atoms with van der Waals surface area (Å²) in [6.45, 7) is 6.23. The molecule has 0 aliphatic carbocycles. The predicted octanol–water partition coefficient (Wildman–Crippen LogP) is 3.99. The second kappa shape index (κ2) is 4.23. The summed E-state index contributed by atoms with van der Waals surface area (Å²) in [5.41, 5.74) is 4.18. The first kappa shape index (κ1) is 12.0. The van der Waals surface area contributed by atoms with Crippen LogP contribution in [0.1, 0.15) is 30.7 Å². The number of nitrogens with zero attached hydrogens (tertiary/aromatic N) is 1. The minimum absolute atomic E-state index is 0.310. The number of ether oxygens (including phenoxy) is 1. The quantitative estimate of drug-likeness (QED) is 0.764. The summed E-state index contributed by atoms with van der Waals surface area (Å²) < 4.78 is 6.02. The average Bonchev–Trinajstić information content (AvgIpc) is 2.39. The second-order valence-corrected chi connectivity index (χ2v) is 5.48. The third-order valence-corrected chi connectivity index (χ3v) is 3.23. The Hall–Kier alpha value is -2.09. The van der Waals surface area contributed by atoms with Crippen molar-refractivity contribution in [2.45, 2.75) is 26.4 Å². The maximum absolute atomic E-state index is 6.02. The molecule has 2 aromatic rings. The van der Waals surface area contributed by atoms with Crippen molar-refractivity contribution in [1.29, 1.82) is 0 Å². The SMILES string of the molecule is Cc1ccc2c(c1)C(c1ccccn1)=CC(C)(C)O2. The summed E-state index contributed by atoms with van der Waals surface area (Å²) in [5, 5.41) is 0. The normalized spacial score (nSPS) is 16.3. The molecule has 0 radical (unpaired) electrons. The highest BCUT2D eigenvalue weighted by atomic mass is 16.5. The summed E-state index contributed by atoms with van der Waals surface area (Å²) in [6.07, 6.45) is 3.98. The van der Waals surface area contributed by atoms with Gasteiger partial charge in [-0.05, 0) is 51.1 Å². The van der Waals surface area contributed by atoms with Gasteiger partial charge in [0.25, 0.3) is 0 Å². The van der Waals surface area contributed by atoms with E-state index in [0.717, 1.165) is 22.6 Å². The molecule has 2 heteroatoms. The lowest BCUT2D eigenvalue weighted by atomic mass is 9.91. The fraction of sp³-hybridized carbons (Fsp3) is 0.235. The van der Waals surface area contributed by atoms with Crippen LogP contribution in [0.3, 0.4) is 0 Å². The van der Waals surface area contributed by atoms with Gasteiger partial charge in [0, 0.05) is 17.3 Å². The molecule has 0 bridgehead atoms. The van der Waals surface area contributed by atoms with Gasteiger partial charge in [-0.3, -0.25) is 4.98 Å². The Morgan fingerprint density at radius 2 is 1.95 bits per heavy atom. The minimum Gasteiger partial charge on any atom is -0.483 e. The molecule has 3 rings (SSSR count). The van der Waals surface area contributed by atoms with E-state index in [4.69, 9.17) is 4.74 Å². The number of rotatable bonds is 1. The summed E-state index contributed by atoms with van der Waals surface area (Å²) in [6, 6.07) is 12.3. The van der Waals surface area contributed by atoms with Gasteiger partial charge in [0.2, 0.25) is 0 Å². The van der Waals surface area contributed by atoms with Crippen LogP contribution in [-0.4, -0.2) is 10.6 Å². The van der Waals surface area contributed by atoms with E-state index in [-0.39, 0.29) is 5.60 Å². The topological polar surface area (TPSA) is 22.1 Å². The number of benzene rings is 1. The Balaban J connectivity index is 2.21. The molecule has 0 unspecified atom stereocenters. The van der Waals surface area contributed by atoms with Gasteiger partial charge in [-0.1, -0.05) is 17.7 Å². The Labute approximate surface area is 113 Å². The molecule has 0 saturated carbocycles. The van der Waals surface area contributed by atoms with Crippen molar-refractivity contribution in [1.82, 2.24) is 4.98 Å². The molecule has 96 valence electrons. The zero-order valence-electron chi connectivity index (χ0n) is 11.5. The van der Waals surface area contributed by atoms with E-state index in [9.17, 15) is 0 Å². The van der Waals surface area contributed by atoms with Crippen LogP contribution in [-0.2, 0) is 0 Å². The Morgan fingerprint density at radius 1 is 1.11 bits per heavy atom. The molecule has 2 nitrogen and oxygen atoms in total. The van der Waals surface area contributed by atoms with Gasteiger partial charge in [0.1, 0.15) is 11.4 Å². The predicted molar refractivity (Wildman–Crippen MR) is 77.2 cm³/mol. The Kier molecular flexibility index (Phi) is 2.67. The standard InChI is InChI=1S/C17H17NO/c1-12-7-8-16-13(10-12)14(11-17(2,3)19-16)15-6-4-5-9-18-15/h4-11H,1-3H3. The molecule has 0 N–H and O–H groups in total. The smallest absolute Gasteiger partial charge is 0.128 e. The van der Waals surface area contributed by atoms with Gasteiger partial charge in [-0.15, -0.1) is 0 Å². The van der Waals surface area contributed by atoms with E-state index >= 15 is 0 Å². The monoisotopic (exact) mass is 251 g/mol. The Morgan fingerprint density at radius 3 is 2.68 bits per heavy atom.